The van der Waals surface area contributed by atoms with Crippen molar-refractivity contribution in [1.82, 2.24) is 10.2 Å². The topological polar surface area (TPSA) is 61.0 Å². The Kier molecular flexibility index (Phi) is 3.97. The number of nitrogens with zero attached hydrogens (tertiary/aromatic N) is 2. The van der Waals surface area contributed by atoms with Crippen LogP contribution in [0.25, 0.3) is 0 Å². The molecule has 0 saturated carbocycles. The van der Waals surface area contributed by atoms with Gasteiger partial charge in [-0.15, -0.1) is 10.2 Å². The lowest BCUT2D eigenvalue weighted by Crippen LogP contribution is -2.18. The van der Waals surface area contributed by atoms with Crippen LogP contribution in [-0.4, -0.2) is 23.9 Å². The lowest BCUT2D eigenvalue weighted by molar-refractivity contribution is 0.0185. The molecule has 4 nitrogen and oxygen atoms in total. The number of methoxy groups -OCH3 is 1. The zero-order valence-corrected chi connectivity index (χ0v) is 9.73. The molecule has 1 aromatic rings. The second kappa shape index (κ2) is 4.82. The zero-order valence-electron chi connectivity index (χ0n) is 8.91. The van der Waals surface area contributed by atoms with Crippen molar-refractivity contribution in [3.63, 3.8) is 0 Å². The van der Waals surface area contributed by atoms with Gasteiger partial charge in [0.25, 0.3) is 0 Å². The molecule has 0 amide bonds. The first-order valence-corrected chi connectivity index (χ1v) is 5.50. The Morgan fingerprint density at radius 3 is 2.71 bits per heavy atom. The van der Waals surface area contributed by atoms with E-state index in [0.717, 1.165) is 22.9 Å². The van der Waals surface area contributed by atoms with Crippen LogP contribution >= 0.6 is 11.3 Å². The van der Waals surface area contributed by atoms with Gasteiger partial charge in [-0.2, -0.15) is 0 Å². The number of ether oxygens (including phenoxy) is 1. The van der Waals surface area contributed by atoms with Crippen LogP contribution in [0.1, 0.15) is 30.3 Å². The van der Waals surface area contributed by atoms with Crippen LogP contribution in [0.3, 0.4) is 0 Å². The maximum absolute atomic E-state index is 5.43. The van der Waals surface area contributed by atoms with Crippen LogP contribution in [-0.2, 0) is 16.8 Å². The standard InChI is InChI=1S/C9H17N3OS/c1-9(2,13-3)8-12-11-7(14-8)5-4-6-10/h4-6,10H2,1-3H3. The molecule has 0 aliphatic carbocycles. The Hall–Kier alpha value is -0.520. The third-order valence-corrected chi connectivity index (χ3v) is 3.37. The van der Waals surface area contributed by atoms with Crippen LogP contribution in [0.4, 0.5) is 0 Å². The summed E-state index contributed by atoms with van der Waals surface area (Å²) in [7, 11) is 1.68. The molecule has 2 N–H and O–H groups in total. The molecule has 1 heterocycles. The summed E-state index contributed by atoms with van der Waals surface area (Å²) in [6, 6.07) is 0. The lowest BCUT2D eigenvalue weighted by Gasteiger charge is -2.18. The van der Waals surface area contributed by atoms with Gasteiger partial charge in [-0.1, -0.05) is 11.3 Å². The average molecular weight is 215 g/mol. The van der Waals surface area contributed by atoms with Crippen molar-refractivity contribution in [2.45, 2.75) is 32.3 Å². The molecule has 0 saturated heterocycles. The van der Waals surface area contributed by atoms with Crippen LogP contribution in [0.2, 0.25) is 0 Å². The van der Waals surface area contributed by atoms with E-state index in [4.69, 9.17) is 10.5 Å². The molecule has 14 heavy (non-hydrogen) atoms. The van der Waals surface area contributed by atoms with E-state index in [-0.39, 0.29) is 5.60 Å². The Labute approximate surface area is 88.5 Å². The Morgan fingerprint density at radius 2 is 2.14 bits per heavy atom. The first-order chi connectivity index (χ1) is 6.60. The number of aromatic nitrogens is 2. The molecular formula is C9H17N3OS. The molecule has 0 fully saturated rings. The summed E-state index contributed by atoms with van der Waals surface area (Å²) >= 11 is 1.60. The summed E-state index contributed by atoms with van der Waals surface area (Å²) in [6.07, 6.45) is 1.87. The number of aryl methyl sites for hydroxylation is 1. The van der Waals surface area contributed by atoms with Gasteiger partial charge in [0.1, 0.15) is 15.6 Å². The van der Waals surface area contributed by atoms with Crippen LogP contribution in [0.15, 0.2) is 0 Å². The van der Waals surface area contributed by atoms with Gasteiger partial charge in [-0.3, -0.25) is 0 Å². The Morgan fingerprint density at radius 1 is 1.43 bits per heavy atom. The maximum Gasteiger partial charge on any atom is 0.148 e. The zero-order chi connectivity index (χ0) is 10.6. The highest BCUT2D eigenvalue weighted by atomic mass is 32.1. The average Bonchev–Trinajstić information content (AvgIpc) is 2.63. The number of hydrogen-bond acceptors (Lipinski definition) is 5. The molecule has 1 aromatic heterocycles. The molecular weight excluding hydrogens is 198 g/mol. The van der Waals surface area contributed by atoms with Crippen LogP contribution < -0.4 is 5.73 Å². The van der Waals surface area contributed by atoms with Crippen molar-refractivity contribution in [3.8, 4) is 0 Å². The lowest BCUT2D eigenvalue weighted by atomic mass is 10.1. The predicted molar refractivity (Wildman–Crippen MR) is 57.3 cm³/mol. The van der Waals surface area contributed by atoms with E-state index in [1.54, 1.807) is 18.4 Å². The van der Waals surface area contributed by atoms with Gasteiger partial charge >= 0.3 is 0 Å². The van der Waals surface area contributed by atoms with Crippen molar-refractivity contribution in [1.29, 1.82) is 0 Å². The Bertz CT molecular complexity index is 285. The van der Waals surface area contributed by atoms with E-state index in [0.29, 0.717) is 6.54 Å². The minimum absolute atomic E-state index is 0.335. The predicted octanol–water partition coefficient (Wildman–Crippen LogP) is 1.31. The van der Waals surface area contributed by atoms with Crippen molar-refractivity contribution < 1.29 is 4.74 Å². The van der Waals surface area contributed by atoms with Crippen molar-refractivity contribution in [2.75, 3.05) is 13.7 Å². The summed E-state index contributed by atoms with van der Waals surface area (Å²) in [6.45, 7) is 4.67. The van der Waals surface area contributed by atoms with E-state index >= 15 is 0 Å². The minimum atomic E-state index is -0.335. The van der Waals surface area contributed by atoms with Crippen molar-refractivity contribution in [2.24, 2.45) is 5.73 Å². The normalized spacial score (nSPS) is 12.0. The smallest absolute Gasteiger partial charge is 0.148 e. The van der Waals surface area contributed by atoms with Gasteiger partial charge in [0, 0.05) is 13.5 Å². The van der Waals surface area contributed by atoms with E-state index in [2.05, 4.69) is 10.2 Å². The molecule has 1 rings (SSSR count). The first-order valence-electron chi connectivity index (χ1n) is 4.68. The first kappa shape index (κ1) is 11.6. The van der Waals surface area contributed by atoms with Gasteiger partial charge < -0.3 is 10.5 Å². The third-order valence-electron chi connectivity index (χ3n) is 2.09. The summed E-state index contributed by atoms with van der Waals surface area (Å²) in [5, 5.41) is 10.2. The molecule has 0 unspecified atom stereocenters. The maximum atomic E-state index is 5.43. The second-order valence-corrected chi connectivity index (χ2v) is 4.67. The van der Waals surface area contributed by atoms with E-state index < -0.39 is 0 Å². The highest BCUT2D eigenvalue weighted by molar-refractivity contribution is 7.11. The van der Waals surface area contributed by atoms with Crippen LogP contribution in [0.5, 0.6) is 0 Å². The molecule has 0 atom stereocenters. The summed E-state index contributed by atoms with van der Waals surface area (Å²) in [5.41, 5.74) is 5.09. The van der Waals surface area contributed by atoms with Gasteiger partial charge in [-0.25, -0.2) is 0 Å². The largest absolute Gasteiger partial charge is 0.372 e. The van der Waals surface area contributed by atoms with Gasteiger partial charge in [-0.05, 0) is 26.8 Å². The number of nitrogens with two attached hydrogens (primary N) is 1. The summed E-state index contributed by atoms with van der Waals surface area (Å²) in [4.78, 5) is 0. The van der Waals surface area contributed by atoms with E-state index in [9.17, 15) is 0 Å². The van der Waals surface area contributed by atoms with Crippen molar-refractivity contribution >= 4 is 11.3 Å². The third kappa shape index (κ3) is 2.73. The van der Waals surface area contributed by atoms with Gasteiger partial charge in [0.15, 0.2) is 0 Å². The molecule has 0 aromatic carbocycles. The molecule has 5 heteroatoms. The fraction of sp³-hybridized carbons (Fsp3) is 0.778. The highest BCUT2D eigenvalue weighted by Gasteiger charge is 2.24. The molecule has 0 bridgehead atoms. The van der Waals surface area contributed by atoms with E-state index in [1.807, 2.05) is 13.8 Å². The Balaban J connectivity index is 2.67. The summed E-state index contributed by atoms with van der Waals surface area (Å²) < 4.78 is 5.32. The minimum Gasteiger partial charge on any atom is -0.372 e. The SMILES string of the molecule is COC(C)(C)c1nnc(CCCN)s1. The molecule has 0 aliphatic rings. The number of rotatable bonds is 5. The van der Waals surface area contributed by atoms with Crippen molar-refractivity contribution in [3.05, 3.63) is 10.0 Å². The van der Waals surface area contributed by atoms with Gasteiger partial charge in [0.05, 0.1) is 0 Å². The molecule has 0 radical (unpaired) electrons. The monoisotopic (exact) mass is 215 g/mol. The molecule has 80 valence electrons. The van der Waals surface area contributed by atoms with E-state index in [1.165, 1.54) is 0 Å². The molecule has 0 aliphatic heterocycles. The fourth-order valence-electron chi connectivity index (χ4n) is 0.939. The van der Waals surface area contributed by atoms with Crippen LogP contribution in [0, 0.1) is 0 Å². The highest BCUT2D eigenvalue weighted by Crippen LogP contribution is 2.26. The second-order valence-electron chi connectivity index (χ2n) is 3.61. The number of hydrogen-bond donors (Lipinski definition) is 1. The van der Waals surface area contributed by atoms with Gasteiger partial charge in [0.2, 0.25) is 0 Å². The molecule has 0 spiro atoms. The quantitative estimate of drug-likeness (QED) is 0.804. The summed E-state index contributed by atoms with van der Waals surface area (Å²) in [5.74, 6) is 0. The fourth-order valence-corrected chi connectivity index (χ4v) is 1.90.